The molecular formula is C15H20O. The van der Waals surface area contributed by atoms with Gasteiger partial charge in [0, 0.05) is 5.56 Å². The second kappa shape index (κ2) is 3.44. The number of aryl methyl sites for hydroxylation is 1. The minimum Gasteiger partial charge on any atom is -0.295 e. The van der Waals surface area contributed by atoms with Crippen LogP contribution in [-0.4, -0.2) is 5.78 Å². The fourth-order valence-electron chi connectivity index (χ4n) is 3.09. The molecule has 2 rings (SSSR count). The Morgan fingerprint density at radius 1 is 1.38 bits per heavy atom. The van der Waals surface area contributed by atoms with Gasteiger partial charge in [-0.2, -0.15) is 0 Å². The third-order valence-corrected chi connectivity index (χ3v) is 3.85. The Balaban J connectivity index is 2.66. The lowest BCUT2D eigenvalue weighted by atomic mass is 9.84. The van der Waals surface area contributed by atoms with Crippen molar-refractivity contribution >= 4 is 5.78 Å². The van der Waals surface area contributed by atoms with Crippen molar-refractivity contribution in [1.29, 1.82) is 0 Å². The van der Waals surface area contributed by atoms with Gasteiger partial charge in [0.15, 0.2) is 5.78 Å². The molecule has 86 valence electrons. The summed E-state index contributed by atoms with van der Waals surface area (Å²) in [7, 11) is 0. The molecule has 0 saturated heterocycles. The Labute approximate surface area is 97.9 Å². The van der Waals surface area contributed by atoms with Crippen LogP contribution in [-0.2, 0) is 5.41 Å². The number of fused-ring (bicyclic) bond motifs is 1. The first-order valence-electron chi connectivity index (χ1n) is 5.99. The smallest absolute Gasteiger partial charge is 0.160 e. The predicted molar refractivity (Wildman–Crippen MR) is 67.2 cm³/mol. The molecule has 0 fully saturated rings. The van der Waals surface area contributed by atoms with Gasteiger partial charge in [-0.3, -0.25) is 4.79 Å². The normalized spacial score (nSPS) is 21.9. The summed E-state index contributed by atoms with van der Waals surface area (Å²) in [6.07, 6.45) is 1.18. The van der Waals surface area contributed by atoms with E-state index in [4.69, 9.17) is 0 Å². The quantitative estimate of drug-likeness (QED) is 0.649. The lowest BCUT2D eigenvalue weighted by molar-refractivity contribution is 0.101. The Hall–Kier alpha value is -1.11. The van der Waals surface area contributed by atoms with Crippen molar-refractivity contribution in [3.05, 3.63) is 34.4 Å². The van der Waals surface area contributed by atoms with E-state index in [1.54, 1.807) is 6.92 Å². The van der Waals surface area contributed by atoms with Gasteiger partial charge in [0.05, 0.1) is 0 Å². The third-order valence-electron chi connectivity index (χ3n) is 3.85. The van der Waals surface area contributed by atoms with Crippen LogP contribution in [0.3, 0.4) is 0 Å². The average Bonchev–Trinajstić information content (AvgIpc) is 2.35. The molecule has 0 spiro atoms. The number of carbonyl (C=O) groups excluding carboxylic acids is 1. The molecule has 0 radical (unpaired) electrons. The molecular weight excluding hydrogens is 196 g/mol. The summed E-state index contributed by atoms with van der Waals surface area (Å²) in [5.74, 6) is 0.792. The highest BCUT2D eigenvalue weighted by Gasteiger charge is 2.35. The van der Waals surface area contributed by atoms with Crippen LogP contribution in [0.4, 0.5) is 0 Å². The molecule has 0 amide bonds. The SMILES string of the molecule is CC(=O)c1cc2c(cc1C)C(C)CC2(C)C. The van der Waals surface area contributed by atoms with Gasteiger partial charge in [0.25, 0.3) is 0 Å². The summed E-state index contributed by atoms with van der Waals surface area (Å²) in [5.41, 5.74) is 5.03. The molecule has 0 heterocycles. The molecule has 1 aliphatic rings. The molecule has 0 bridgehead atoms. The van der Waals surface area contributed by atoms with Crippen molar-refractivity contribution in [3.8, 4) is 0 Å². The number of hydrogen-bond acceptors (Lipinski definition) is 1. The average molecular weight is 216 g/mol. The lowest BCUT2D eigenvalue weighted by Gasteiger charge is -2.20. The summed E-state index contributed by atoms with van der Waals surface area (Å²) < 4.78 is 0. The summed E-state index contributed by atoms with van der Waals surface area (Å²) in [5, 5.41) is 0. The Bertz CT molecular complexity index is 455. The fourth-order valence-corrected chi connectivity index (χ4v) is 3.09. The van der Waals surface area contributed by atoms with Crippen LogP contribution in [0.1, 0.15) is 67.1 Å². The molecule has 1 aromatic rings. The molecule has 1 unspecified atom stereocenters. The highest BCUT2D eigenvalue weighted by Crippen LogP contribution is 2.46. The largest absolute Gasteiger partial charge is 0.295 e. The van der Waals surface area contributed by atoms with Crippen molar-refractivity contribution in [3.63, 3.8) is 0 Å². The van der Waals surface area contributed by atoms with Crippen LogP contribution in [0.2, 0.25) is 0 Å². The maximum Gasteiger partial charge on any atom is 0.160 e. The Morgan fingerprint density at radius 2 is 2.00 bits per heavy atom. The van der Waals surface area contributed by atoms with Crippen molar-refractivity contribution in [2.45, 2.75) is 52.4 Å². The second-order valence-electron chi connectivity index (χ2n) is 5.80. The Kier molecular flexibility index (Phi) is 2.45. The van der Waals surface area contributed by atoms with E-state index in [9.17, 15) is 4.79 Å². The molecule has 16 heavy (non-hydrogen) atoms. The van der Waals surface area contributed by atoms with E-state index in [0.29, 0.717) is 5.92 Å². The van der Waals surface area contributed by atoms with Crippen LogP contribution in [0.5, 0.6) is 0 Å². The molecule has 1 nitrogen and oxygen atoms in total. The van der Waals surface area contributed by atoms with E-state index in [0.717, 1.165) is 11.1 Å². The zero-order valence-corrected chi connectivity index (χ0v) is 10.8. The molecule has 1 aromatic carbocycles. The number of benzene rings is 1. The molecule has 0 saturated carbocycles. The number of carbonyl (C=O) groups is 1. The summed E-state index contributed by atoms with van der Waals surface area (Å²) in [4.78, 5) is 11.6. The van der Waals surface area contributed by atoms with Crippen molar-refractivity contribution < 1.29 is 4.79 Å². The predicted octanol–water partition coefficient (Wildman–Crippen LogP) is 3.98. The lowest BCUT2D eigenvalue weighted by Crippen LogP contribution is -2.13. The van der Waals surface area contributed by atoms with E-state index in [-0.39, 0.29) is 11.2 Å². The first kappa shape index (κ1) is 11.4. The van der Waals surface area contributed by atoms with Crippen LogP contribution in [0, 0.1) is 6.92 Å². The van der Waals surface area contributed by atoms with Gasteiger partial charge in [0.1, 0.15) is 0 Å². The first-order valence-corrected chi connectivity index (χ1v) is 5.99. The zero-order chi connectivity index (χ0) is 12.1. The second-order valence-corrected chi connectivity index (χ2v) is 5.80. The minimum atomic E-state index is 0.177. The summed E-state index contributed by atoms with van der Waals surface area (Å²) in [6.45, 7) is 10.5. The van der Waals surface area contributed by atoms with E-state index < -0.39 is 0 Å². The minimum absolute atomic E-state index is 0.177. The third kappa shape index (κ3) is 1.59. The summed E-state index contributed by atoms with van der Waals surface area (Å²) >= 11 is 0. The van der Waals surface area contributed by atoms with Crippen molar-refractivity contribution in [2.75, 3.05) is 0 Å². The highest BCUT2D eigenvalue weighted by atomic mass is 16.1. The number of rotatable bonds is 1. The molecule has 1 atom stereocenters. The molecule has 0 aromatic heterocycles. The van der Waals surface area contributed by atoms with Gasteiger partial charge >= 0.3 is 0 Å². The van der Waals surface area contributed by atoms with Gasteiger partial charge in [0.2, 0.25) is 0 Å². The highest BCUT2D eigenvalue weighted by molar-refractivity contribution is 5.96. The number of hydrogen-bond donors (Lipinski definition) is 0. The van der Waals surface area contributed by atoms with Gasteiger partial charge < -0.3 is 0 Å². The van der Waals surface area contributed by atoms with Crippen LogP contribution < -0.4 is 0 Å². The van der Waals surface area contributed by atoms with Gasteiger partial charge in [-0.1, -0.05) is 26.8 Å². The topological polar surface area (TPSA) is 17.1 Å². The van der Waals surface area contributed by atoms with Crippen LogP contribution in [0.25, 0.3) is 0 Å². The number of ketones is 1. The van der Waals surface area contributed by atoms with Crippen LogP contribution in [0.15, 0.2) is 12.1 Å². The first-order chi connectivity index (χ1) is 7.33. The molecule has 1 aliphatic carbocycles. The monoisotopic (exact) mass is 216 g/mol. The van der Waals surface area contributed by atoms with E-state index >= 15 is 0 Å². The van der Waals surface area contributed by atoms with E-state index in [1.807, 2.05) is 6.92 Å². The molecule has 1 heteroatoms. The Morgan fingerprint density at radius 3 is 2.56 bits per heavy atom. The van der Waals surface area contributed by atoms with Crippen LogP contribution >= 0.6 is 0 Å². The molecule has 0 N–H and O–H groups in total. The summed E-state index contributed by atoms with van der Waals surface area (Å²) in [6, 6.07) is 4.34. The zero-order valence-electron chi connectivity index (χ0n) is 10.8. The van der Waals surface area contributed by atoms with E-state index in [2.05, 4.69) is 32.9 Å². The fraction of sp³-hybridized carbons (Fsp3) is 0.533. The van der Waals surface area contributed by atoms with Gasteiger partial charge in [-0.25, -0.2) is 0 Å². The molecule has 0 aliphatic heterocycles. The maximum absolute atomic E-state index is 11.6. The van der Waals surface area contributed by atoms with Crippen molar-refractivity contribution in [1.82, 2.24) is 0 Å². The van der Waals surface area contributed by atoms with E-state index in [1.165, 1.54) is 17.5 Å². The van der Waals surface area contributed by atoms with Crippen molar-refractivity contribution in [2.24, 2.45) is 0 Å². The van der Waals surface area contributed by atoms with Gasteiger partial charge in [-0.05, 0) is 54.4 Å². The standard InChI is InChI=1S/C15H20O/c1-9-6-13-10(2)8-15(4,5)14(13)7-12(9)11(3)16/h6-7,10H,8H2,1-5H3. The number of Topliss-reactive ketones (excluding diaryl/α,β-unsaturated/α-hetero) is 1. The van der Waals surface area contributed by atoms with Gasteiger partial charge in [-0.15, -0.1) is 0 Å². The maximum atomic E-state index is 11.6.